The van der Waals surface area contributed by atoms with Crippen molar-refractivity contribution in [2.45, 2.75) is 24.9 Å². The quantitative estimate of drug-likeness (QED) is 0.490. The van der Waals surface area contributed by atoms with Crippen molar-refractivity contribution in [1.82, 2.24) is 34.2 Å². The first-order chi connectivity index (χ1) is 14.6. The van der Waals surface area contributed by atoms with E-state index in [9.17, 15) is 4.79 Å². The normalized spacial score (nSPS) is 28.2. The zero-order valence-corrected chi connectivity index (χ0v) is 16.4. The van der Waals surface area contributed by atoms with Crippen molar-refractivity contribution >= 4 is 17.0 Å². The van der Waals surface area contributed by atoms with Crippen LogP contribution in [0.1, 0.15) is 17.3 Å². The highest BCUT2D eigenvalue weighted by atomic mass is 16.5. The van der Waals surface area contributed by atoms with Crippen molar-refractivity contribution in [3.63, 3.8) is 0 Å². The largest absolute Gasteiger partial charge is 0.352 e. The molecule has 10 heteroatoms. The third kappa shape index (κ3) is 1.84. The SMILES string of the molecule is Cc1ccc(N2C[C@@H]3[C@@H]4C2[C@]34c2noc(Cn3cnc4ncn(C)c4c3=O)n2)nc1. The van der Waals surface area contributed by atoms with E-state index in [1.54, 1.807) is 17.9 Å². The average Bonchev–Trinajstić information content (AvgIpc) is 3.21. The first-order valence-corrected chi connectivity index (χ1v) is 9.98. The highest BCUT2D eigenvalue weighted by Gasteiger charge is 2.95. The number of piperidine rings is 1. The molecule has 0 aromatic carbocycles. The molecular formula is C20H18N8O2. The van der Waals surface area contributed by atoms with E-state index < -0.39 is 0 Å². The topological polar surface area (TPSA) is 108 Å². The van der Waals surface area contributed by atoms with Crippen LogP contribution in [0.2, 0.25) is 0 Å². The molecule has 10 nitrogen and oxygen atoms in total. The lowest BCUT2D eigenvalue weighted by atomic mass is 10.1. The van der Waals surface area contributed by atoms with Gasteiger partial charge >= 0.3 is 0 Å². The number of rotatable bonds is 4. The Balaban J connectivity index is 1.16. The van der Waals surface area contributed by atoms with Gasteiger partial charge in [-0.15, -0.1) is 0 Å². The molecule has 2 aliphatic carbocycles. The molecule has 0 N–H and O–H groups in total. The Kier molecular flexibility index (Phi) is 2.78. The van der Waals surface area contributed by atoms with Crippen LogP contribution < -0.4 is 10.5 Å². The van der Waals surface area contributed by atoms with E-state index in [4.69, 9.17) is 4.52 Å². The van der Waals surface area contributed by atoms with Gasteiger partial charge in [0.25, 0.3) is 5.56 Å². The molecule has 0 spiro atoms. The smallest absolute Gasteiger partial charge is 0.280 e. The number of hydrogen-bond acceptors (Lipinski definition) is 8. The zero-order valence-electron chi connectivity index (χ0n) is 16.4. The molecule has 4 aliphatic rings. The summed E-state index contributed by atoms with van der Waals surface area (Å²) in [5.74, 6) is 3.34. The van der Waals surface area contributed by atoms with Gasteiger partial charge in [0.15, 0.2) is 17.0 Å². The second-order valence-electron chi connectivity index (χ2n) is 8.57. The van der Waals surface area contributed by atoms with Crippen molar-refractivity contribution in [2.75, 3.05) is 11.4 Å². The van der Waals surface area contributed by atoms with Gasteiger partial charge in [0.2, 0.25) is 5.89 Å². The van der Waals surface area contributed by atoms with Crippen LogP contribution in [0.15, 0.2) is 40.3 Å². The maximum absolute atomic E-state index is 12.7. The zero-order chi connectivity index (χ0) is 20.2. The first kappa shape index (κ1) is 16.3. The Labute approximate surface area is 170 Å². The van der Waals surface area contributed by atoms with E-state index in [1.165, 1.54) is 10.9 Å². The summed E-state index contributed by atoms with van der Waals surface area (Å²) < 4.78 is 8.67. The number of fused-ring (bicyclic) bond motifs is 2. The van der Waals surface area contributed by atoms with Crippen molar-refractivity contribution < 1.29 is 4.52 Å². The monoisotopic (exact) mass is 402 g/mol. The van der Waals surface area contributed by atoms with E-state index in [0.717, 1.165) is 23.8 Å². The Morgan fingerprint density at radius 2 is 2.10 bits per heavy atom. The van der Waals surface area contributed by atoms with Gasteiger partial charge in [-0.05, 0) is 24.5 Å². The fraction of sp³-hybridized carbons (Fsp3) is 0.400. The molecule has 2 saturated heterocycles. The molecule has 4 fully saturated rings. The minimum Gasteiger partial charge on any atom is -0.352 e. The Morgan fingerprint density at radius 1 is 1.23 bits per heavy atom. The molecule has 0 radical (unpaired) electrons. The Morgan fingerprint density at radius 3 is 2.90 bits per heavy atom. The third-order valence-electron chi connectivity index (χ3n) is 6.99. The lowest BCUT2D eigenvalue weighted by molar-refractivity contribution is 0.362. The molecule has 150 valence electrons. The van der Waals surface area contributed by atoms with Crippen LogP contribution in [0.5, 0.6) is 0 Å². The van der Waals surface area contributed by atoms with Crippen molar-refractivity contribution in [2.24, 2.45) is 18.9 Å². The molecule has 6 heterocycles. The summed E-state index contributed by atoms with van der Waals surface area (Å²) in [6.07, 6.45) is 4.97. The molecule has 0 amide bonds. The molecule has 30 heavy (non-hydrogen) atoms. The van der Waals surface area contributed by atoms with Crippen LogP contribution in [-0.4, -0.2) is 46.8 Å². The fourth-order valence-corrected chi connectivity index (χ4v) is 5.43. The van der Waals surface area contributed by atoms with Gasteiger partial charge in [0, 0.05) is 31.7 Å². The molecule has 4 aromatic rings. The van der Waals surface area contributed by atoms with E-state index in [-0.39, 0.29) is 17.5 Å². The summed E-state index contributed by atoms with van der Waals surface area (Å²) in [5, 5.41) is 4.28. The number of aromatic nitrogens is 7. The molecule has 2 aliphatic heterocycles. The number of aryl methyl sites for hydroxylation is 2. The maximum atomic E-state index is 12.7. The number of nitrogens with zero attached hydrogens (tertiary/aromatic N) is 8. The lowest BCUT2D eigenvalue weighted by Crippen LogP contribution is -2.24. The third-order valence-corrected chi connectivity index (χ3v) is 6.99. The lowest BCUT2D eigenvalue weighted by Gasteiger charge is -2.17. The summed E-state index contributed by atoms with van der Waals surface area (Å²) in [6.45, 7) is 3.22. The molecule has 2 saturated carbocycles. The van der Waals surface area contributed by atoms with Crippen LogP contribution in [0, 0.1) is 18.8 Å². The van der Waals surface area contributed by atoms with Crippen molar-refractivity contribution in [1.29, 1.82) is 0 Å². The number of pyridine rings is 1. The predicted octanol–water partition coefficient (Wildman–Crippen LogP) is 0.651. The van der Waals surface area contributed by atoms with Crippen molar-refractivity contribution in [3.05, 3.63) is 58.6 Å². The van der Waals surface area contributed by atoms with Gasteiger partial charge in [-0.25, -0.2) is 15.0 Å². The molecule has 8 rings (SSSR count). The standard InChI is InChI=1S/C20H18N8O2/c1-10-3-4-12(21-5-10)28-6-11-14-16(28)20(11,14)19-24-13(30-25-19)7-27-9-23-17-15(18(27)29)26(2)8-22-17/h3-5,8-9,11,14,16H,6-7H2,1-2H3/t11-,14-,16?,20+/m1/s1. The first-order valence-electron chi connectivity index (χ1n) is 9.98. The molecule has 2 bridgehead atoms. The summed E-state index contributed by atoms with van der Waals surface area (Å²) in [4.78, 5) is 32.7. The number of anilines is 1. The van der Waals surface area contributed by atoms with E-state index in [2.05, 4.69) is 42.1 Å². The van der Waals surface area contributed by atoms with Crippen LogP contribution in [0.3, 0.4) is 0 Å². The minimum atomic E-state index is -0.176. The van der Waals surface area contributed by atoms with Gasteiger partial charge in [-0.2, -0.15) is 4.98 Å². The molecular weight excluding hydrogens is 384 g/mol. The summed E-state index contributed by atoms with van der Waals surface area (Å²) in [6, 6.07) is 4.58. The van der Waals surface area contributed by atoms with Crippen LogP contribution in [0.4, 0.5) is 5.82 Å². The summed E-state index contributed by atoms with van der Waals surface area (Å²) >= 11 is 0. The van der Waals surface area contributed by atoms with E-state index in [0.29, 0.717) is 34.9 Å². The Bertz CT molecular complexity index is 1380. The summed E-state index contributed by atoms with van der Waals surface area (Å²) in [7, 11) is 1.78. The van der Waals surface area contributed by atoms with E-state index in [1.807, 2.05) is 13.1 Å². The van der Waals surface area contributed by atoms with Crippen LogP contribution in [-0.2, 0) is 19.0 Å². The van der Waals surface area contributed by atoms with Crippen LogP contribution in [0.25, 0.3) is 11.2 Å². The second-order valence-corrected chi connectivity index (χ2v) is 8.57. The highest BCUT2D eigenvalue weighted by molar-refractivity contribution is 5.69. The van der Waals surface area contributed by atoms with Gasteiger partial charge in [-0.3, -0.25) is 9.36 Å². The predicted molar refractivity (Wildman–Crippen MR) is 105 cm³/mol. The Hall–Kier alpha value is -3.56. The maximum Gasteiger partial charge on any atom is 0.280 e. The highest BCUT2D eigenvalue weighted by Crippen LogP contribution is 2.85. The van der Waals surface area contributed by atoms with Gasteiger partial charge in [0.05, 0.1) is 11.7 Å². The second kappa shape index (κ2) is 5.13. The van der Waals surface area contributed by atoms with Gasteiger partial charge in [0.1, 0.15) is 18.7 Å². The number of imidazole rings is 1. The van der Waals surface area contributed by atoms with Gasteiger partial charge in [-0.1, -0.05) is 11.2 Å². The molecule has 4 atom stereocenters. The molecule has 4 aromatic heterocycles. The van der Waals surface area contributed by atoms with E-state index >= 15 is 0 Å². The van der Waals surface area contributed by atoms with Crippen molar-refractivity contribution in [3.8, 4) is 0 Å². The fourth-order valence-electron chi connectivity index (χ4n) is 5.43. The number of hydrogen-bond donors (Lipinski definition) is 0. The van der Waals surface area contributed by atoms with Gasteiger partial charge < -0.3 is 14.0 Å². The van der Waals surface area contributed by atoms with Crippen LogP contribution >= 0.6 is 0 Å². The summed E-state index contributed by atoms with van der Waals surface area (Å²) in [5.41, 5.74) is 1.88. The minimum absolute atomic E-state index is 0.00349. The average molecular weight is 402 g/mol. The molecule has 1 unspecified atom stereocenters.